The van der Waals surface area contributed by atoms with Gasteiger partial charge in [0.15, 0.2) is 0 Å². The quantitative estimate of drug-likeness (QED) is 0.583. The molecule has 1 fully saturated rings. The Morgan fingerprint density at radius 2 is 1.68 bits per heavy atom. The normalized spacial score (nSPS) is 19.1. The number of hydrogen-bond donors (Lipinski definition) is 0. The minimum absolute atomic E-state index is 0. The molecule has 3 aliphatic carbocycles. The third-order valence-corrected chi connectivity index (χ3v) is 10.6. The number of benzene rings is 2. The molecule has 0 heterocycles. The summed E-state index contributed by atoms with van der Waals surface area (Å²) in [7, 11) is 0. The summed E-state index contributed by atoms with van der Waals surface area (Å²) in [5, 5.41) is 0. The molecule has 0 nitrogen and oxygen atoms in total. The summed E-state index contributed by atoms with van der Waals surface area (Å²) >= 11 is -0.611. The molecule has 5 rings (SSSR count). The molecule has 0 N–H and O–H groups in total. The maximum absolute atomic E-state index is 2.43. The third-order valence-electron chi connectivity index (χ3n) is 6.21. The van der Waals surface area contributed by atoms with E-state index < -0.39 is 22.8 Å². The maximum atomic E-state index is 2.43. The first kappa shape index (κ1) is 21.9. The van der Waals surface area contributed by atoms with Crippen molar-refractivity contribution in [2.75, 3.05) is 0 Å². The van der Waals surface area contributed by atoms with Crippen LogP contribution in [-0.2, 0) is 22.8 Å². The van der Waals surface area contributed by atoms with Crippen LogP contribution in [0.5, 0.6) is 0 Å². The standard InChI is InChI=1S/C19H15.C6H10.2ClH.Zr/c1-13-10-11-16(14-6-2-3-7-14)18-12-15-8-4-5-9-17(15)19(13)18;1-2-4-6-5-3-1;;;/h2-6,8-12H,7H2,1H3;1-5H2;2*1H;/q;;;;+2/p-2. The van der Waals surface area contributed by atoms with Crippen molar-refractivity contribution >= 4 is 8.78 Å². The predicted molar refractivity (Wildman–Crippen MR) is 108 cm³/mol. The van der Waals surface area contributed by atoms with Crippen LogP contribution >= 0.6 is 0 Å². The molecule has 2 aromatic rings. The van der Waals surface area contributed by atoms with E-state index >= 15 is 0 Å². The van der Waals surface area contributed by atoms with Gasteiger partial charge in [0.1, 0.15) is 0 Å². The fourth-order valence-corrected chi connectivity index (χ4v) is 9.60. The van der Waals surface area contributed by atoms with Crippen LogP contribution in [0, 0.1) is 6.92 Å². The molecule has 2 aromatic carbocycles. The molecule has 0 bridgehead atoms. The van der Waals surface area contributed by atoms with Gasteiger partial charge in [-0.25, -0.2) is 0 Å². The molecule has 0 radical (unpaired) electrons. The van der Waals surface area contributed by atoms with Crippen LogP contribution in [-0.4, -0.2) is 3.21 Å². The van der Waals surface area contributed by atoms with Gasteiger partial charge in [0.2, 0.25) is 0 Å². The number of aryl methyl sites for hydroxylation is 1. The summed E-state index contributed by atoms with van der Waals surface area (Å²) in [5.41, 5.74) is 10.9. The fraction of sp³-hybridized carbons (Fsp3) is 0.320. The molecule has 1 unspecified atom stereocenters. The molecular weight excluding hydrogens is 462 g/mol. The van der Waals surface area contributed by atoms with Crippen LogP contribution in [0.4, 0.5) is 0 Å². The van der Waals surface area contributed by atoms with E-state index in [4.69, 9.17) is 0 Å². The molecule has 1 saturated carbocycles. The van der Waals surface area contributed by atoms with Crippen LogP contribution in [0.1, 0.15) is 64.4 Å². The first-order chi connectivity index (χ1) is 12.8. The van der Waals surface area contributed by atoms with Crippen LogP contribution in [0.3, 0.4) is 0 Å². The zero-order valence-corrected chi connectivity index (χ0v) is 20.2. The van der Waals surface area contributed by atoms with Gasteiger partial charge in [-0.2, -0.15) is 0 Å². The van der Waals surface area contributed by atoms with Crippen molar-refractivity contribution in [3.05, 3.63) is 76.9 Å². The Morgan fingerprint density at radius 1 is 0.893 bits per heavy atom. The van der Waals surface area contributed by atoms with Gasteiger partial charge in [-0.3, -0.25) is 0 Å². The topological polar surface area (TPSA) is 0 Å². The van der Waals surface area contributed by atoms with E-state index in [1.807, 2.05) is 3.21 Å². The summed E-state index contributed by atoms with van der Waals surface area (Å²) in [6.07, 6.45) is 15.1. The van der Waals surface area contributed by atoms with E-state index in [1.54, 1.807) is 16.7 Å². The Labute approximate surface area is 192 Å². The Hall–Kier alpha value is -0.747. The summed E-state index contributed by atoms with van der Waals surface area (Å²) in [6, 6.07) is 14.0. The van der Waals surface area contributed by atoms with Gasteiger partial charge in [-0.1, -0.05) is 0 Å². The van der Waals surface area contributed by atoms with Crippen molar-refractivity contribution in [3.63, 3.8) is 0 Å². The SMILES string of the molecule is Cc1ccc(C2=CC=CC2)c2c1-c1ccccc1[CH]2[Zr+2]=[C]1CCCCC1.[Cl-].[Cl-]. The Morgan fingerprint density at radius 3 is 2.43 bits per heavy atom. The maximum Gasteiger partial charge on any atom is -1.00 e. The molecule has 3 heteroatoms. The van der Waals surface area contributed by atoms with Gasteiger partial charge in [0.05, 0.1) is 0 Å². The molecule has 0 aromatic heterocycles. The van der Waals surface area contributed by atoms with Gasteiger partial charge < -0.3 is 24.8 Å². The van der Waals surface area contributed by atoms with E-state index in [-0.39, 0.29) is 24.8 Å². The number of fused-ring (bicyclic) bond motifs is 3. The Bertz CT molecular complexity index is 961. The van der Waals surface area contributed by atoms with Crippen LogP contribution in [0.15, 0.2) is 54.6 Å². The van der Waals surface area contributed by atoms with Crippen molar-refractivity contribution in [1.82, 2.24) is 0 Å². The summed E-state index contributed by atoms with van der Waals surface area (Å²) < 4.78 is 2.69. The Kier molecular flexibility index (Phi) is 7.35. The fourth-order valence-electron chi connectivity index (χ4n) is 4.92. The molecule has 0 spiro atoms. The smallest absolute Gasteiger partial charge is 1.00 e. The third kappa shape index (κ3) is 3.83. The monoisotopic (exact) mass is 485 g/mol. The zero-order chi connectivity index (χ0) is 17.5. The number of hydrogen-bond acceptors (Lipinski definition) is 0. The second-order valence-corrected chi connectivity index (χ2v) is 11.7. The second-order valence-electron chi connectivity index (χ2n) is 7.87. The van der Waals surface area contributed by atoms with Crippen molar-refractivity contribution < 1.29 is 47.6 Å². The van der Waals surface area contributed by atoms with Crippen molar-refractivity contribution in [2.24, 2.45) is 0 Å². The summed E-state index contributed by atoms with van der Waals surface area (Å²) in [6.45, 7) is 2.31. The number of rotatable bonds is 2. The Balaban J connectivity index is 0.00000112. The number of allylic oxidation sites excluding steroid dienone is 4. The molecule has 0 aliphatic heterocycles. The molecule has 143 valence electrons. The largest absolute Gasteiger partial charge is 1.00 e. The number of halogens is 2. The predicted octanol–water partition coefficient (Wildman–Crippen LogP) is 0.635. The van der Waals surface area contributed by atoms with E-state index in [0.717, 1.165) is 6.42 Å². The molecule has 3 aliphatic rings. The molecular formula is C25H25Cl2Zr. The summed E-state index contributed by atoms with van der Waals surface area (Å²) in [5.74, 6) is 0. The van der Waals surface area contributed by atoms with Crippen LogP contribution in [0.2, 0.25) is 0 Å². The van der Waals surface area contributed by atoms with Gasteiger partial charge in [-0.05, 0) is 0 Å². The second kappa shape index (κ2) is 9.38. The van der Waals surface area contributed by atoms with Crippen molar-refractivity contribution in [1.29, 1.82) is 0 Å². The average Bonchev–Trinajstić information content (AvgIpc) is 3.31. The first-order valence-corrected chi connectivity index (χ1v) is 12.7. The average molecular weight is 488 g/mol. The molecule has 28 heavy (non-hydrogen) atoms. The molecule has 0 saturated heterocycles. The molecule has 1 atom stereocenters. The first-order valence-electron chi connectivity index (χ1n) is 10.0. The molecule has 0 amide bonds. The van der Waals surface area contributed by atoms with E-state index in [0.29, 0.717) is 3.63 Å². The van der Waals surface area contributed by atoms with Gasteiger partial charge >= 0.3 is 169 Å². The van der Waals surface area contributed by atoms with Gasteiger partial charge in [0.25, 0.3) is 0 Å². The summed E-state index contributed by atoms with van der Waals surface area (Å²) in [4.78, 5) is 0. The van der Waals surface area contributed by atoms with Crippen molar-refractivity contribution in [3.8, 4) is 11.1 Å². The minimum atomic E-state index is -0.611. The van der Waals surface area contributed by atoms with Gasteiger partial charge in [-0.15, -0.1) is 0 Å². The van der Waals surface area contributed by atoms with Crippen molar-refractivity contribution in [2.45, 2.75) is 49.1 Å². The van der Waals surface area contributed by atoms with E-state index in [9.17, 15) is 0 Å². The van der Waals surface area contributed by atoms with Crippen LogP contribution < -0.4 is 24.8 Å². The van der Waals surface area contributed by atoms with E-state index in [1.165, 1.54) is 54.4 Å². The van der Waals surface area contributed by atoms with Gasteiger partial charge in [0, 0.05) is 0 Å². The minimum Gasteiger partial charge on any atom is -1.00 e. The van der Waals surface area contributed by atoms with E-state index in [2.05, 4.69) is 61.5 Å². The zero-order valence-electron chi connectivity index (χ0n) is 16.3. The van der Waals surface area contributed by atoms with Crippen LogP contribution in [0.25, 0.3) is 16.7 Å².